The van der Waals surface area contributed by atoms with Crippen molar-refractivity contribution in [2.24, 2.45) is 0 Å². The molecule has 6 heteroatoms. The van der Waals surface area contributed by atoms with E-state index in [1.54, 1.807) is 13.0 Å². The maximum atomic E-state index is 11.7. The van der Waals surface area contributed by atoms with Gasteiger partial charge < -0.3 is 14.6 Å². The topological polar surface area (TPSA) is 72.8 Å². The smallest absolute Gasteiger partial charge is 0.179 e. The minimum absolute atomic E-state index is 0.0694. The van der Waals surface area contributed by atoms with E-state index in [-0.39, 0.29) is 10.6 Å². The van der Waals surface area contributed by atoms with Crippen LogP contribution in [0.1, 0.15) is 12.5 Å². The van der Waals surface area contributed by atoms with Crippen LogP contribution >= 0.6 is 0 Å². The van der Waals surface area contributed by atoms with E-state index < -0.39 is 15.9 Å². The number of aliphatic hydroxyl groups is 1. The monoisotopic (exact) mass is 274 g/mol. The highest BCUT2D eigenvalue weighted by Gasteiger charge is 2.20. The summed E-state index contributed by atoms with van der Waals surface area (Å²) in [6.45, 7) is 1.62. The third kappa shape index (κ3) is 3.36. The van der Waals surface area contributed by atoms with E-state index >= 15 is 0 Å². The van der Waals surface area contributed by atoms with Crippen LogP contribution in [0.25, 0.3) is 0 Å². The molecule has 0 fully saturated rings. The zero-order valence-electron chi connectivity index (χ0n) is 10.9. The molecule has 0 aliphatic rings. The van der Waals surface area contributed by atoms with Gasteiger partial charge in [-0.05, 0) is 13.0 Å². The largest absolute Gasteiger partial charge is 0.497 e. The van der Waals surface area contributed by atoms with Gasteiger partial charge in [0.05, 0.1) is 20.3 Å². The first kappa shape index (κ1) is 14.8. The lowest BCUT2D eigenvalue weighted by Crippen LogP contribution is -2.09. The SMILES string of the molecule is COc1cc(CC(C)O)c(OC)c(S(C)(=O)=O)c1. The molecule has 0 heterocycles. The van der Waals surface area contributed by atoms with E-state index in [4.69, 9.17) is 9.47 Å². The molecule has 0 aliphatic heterocycles. The molecule has 0 aliphatic carbocycles. The normalized spacial score (nSPS) is 13.2. The number of benzene rings is 1. The molecule has 0 radical (unpaired) electrons. The molecule has 5 nitrogen and oxygen atoms in total. The lowest BCUT2D eigenvalue weighted by atomic mass is 10.1. The first-order valence-corrected chi connectivity index (χ1v) is 7.31. The Bertz CT molecular complexity index is 520. The Kier molecular flexibility index (Phi) is 4.59. The number of aliphatic hydroxyl groups excluding tert-OH is 1. The summed E-state index contributed by atoms with van der Waals surface area (Å²) in [6, 6.07) is 3.08. The van der Waals surface area contributed by atoms with Crippen molar-refractivity contribution in [1.29, 1.82) is 0 Å². The summed E-state index contributed by atoms with van der Waals surface area (Å²) in [4.78, 5) is 0.0694. The highest BCUT2D eigenvalue weighted by molar-refractivity contribution is 7.90. The molecule has 1 N–H and O–H groups in total. The van der Waals surface area contributed by atoms with Crippen molar-refractivity contribution < 1.29 is 23.0 Å². The maximum absolute atomic E-state index is 11.7. The predicted octanol–water partition coefficient (Wildman–Crippen LogP) is 1.03. The standard InChI is InChI=1S/C12H18O5S/c1-8(13)5-9-6-10(16-2)7-11(12(9)17-3)18(4,14)15/h6-8,13H,5H2,1-4H3. The van der Waals surface area contributed by atoms with Gasteiger partial charge in [-0.1, -0.05) is 0 Å². The van der Waals surface area contributed by atoms with Crippen molar-refractivity contribution in [2.45, 2.75) is 24.3 Å². The number of methoxy groups -OCH3 is 2. The van der Waals surface area contributed by atoms with Gasteiger partial charge in [0.1, 0.15) is 16.4 Å². The van der Waals surface area contributed by atoms with Crippen LogP contribution in [0.3, 0.4) is 0 Å². The highest BCUT2D eigenvalue weighted by Crippen LogP contribution is 2.33. The van der Waals surface area contributed by atoms with Gasteiger partial charge in [-0.3, -0.25) is 0 Å². The molecule has 1 atom stereocenters. The average Bonchev–Trinajstić information content (AvgIpc) is 2.25. The van der Waals surface area contributed by atoms with Gasteiger partial charge in [0.15, 0.2) is 9.84 Å². The third-order valence-electron chi connectivity index (χ3n) is 2.46. The van der Waals surface area contributed by atoms with Gasteiger partial charge in [0.2, 0.25) is 0 Å². The van der Waals surface area contributed by atoms with Crippen molar-refractivity contribution >= 4 is 9.84 Å². The number of hydrogen-bond acceptors (Lipinski definition) is 5. The first-order valence-electron chi connectivity index (χ1n) is 5.42. The molecule has 0 saturated heterocycles. The summed E-state index contributed by atoms with van der Waals surface area (Å²) in [6.07, 6.45) is 0.803. The molecular formula is C12H18O5S. The lowest BCUT2D eigenvalue weighted by molar-refractivity contribution is 0.194. The lowest BCUT2D eigenvalue weighted by Gasteiger charge is -2.15. The first-order chi connectivity index (χ1) is 8.29. The van der Waals surface area contributed by atoms with Crippen LogP contribution in [-0.2, 0) is 16.3 Å². The quantitative estimate of drug-likeness (QED) is 0.868. The molecule has 1 unspecified atom stereocenters. The molecule has 0 amide bonds. The number of ether oxygens (including phenoxy) is 2. The van der Waals surface area contributed by atoms with E-state index in [1.807, 2.05) is 0 Å². The van der Waals surface area contributed by atoms with Crippen molar-refractivity contribution in [1.82, 2.24) is 0 Å². The highest BCUT2D eigenvalue weighted by atomic mass is 32.2. The van der Waals surface area contributed by atoms with Crippen molar-refractivity contribution in [2.75, 3.05) is 20.5 Å². The van der Waals surface area contributed by atoms with Crippen LogP contribution in [-0.4, -0.2) is 40.1 Å². The molecule has 102 valence electrons. The van der Waals surface area contributed by atoms with Crippen LogP contribution in [0, 0.1) is 0 Å². The molecule has 1 aromatic carbocycles. The fourth-order valence-electron chi connectivity index (χ4n) is 1.73. The summed E-state index contributed by atoms with van der Waals surface area (Å²) in [5, 5.41) is 9.44. The zero-order valence-corrected chi connectivity index (χ0v) is 11.7. The Balaban J connectivity index is 3.50. The van der Waals surface area contributed by atoms with E-state index in [9.17, 15) is 13.5 Å². The fraction of sp³-hybridized carbons (Fsp3) is 0.500. The molecule has 0 spiro atoms. The van der Waals surface area contributed by atoms with E-state index in [1.165, 1.54) is 20.3 Å². The molecular weight excluding hydrogens is 256 g/mol. The minimum Gasteiger partial charge on any atom is -0.497 e. The average molecular weight is 274 g/mol. The number of rotatable bonds is 5. The van der Waals surface area contributed by atoms with Crippen LogP contribution < -0.4 is 9.47 Å². The van der Waals surface area contributed by atoms with Gasteiger partial charge in [0, 0.05) is 24.3 Å². The fourth-order valence-corrected chi connectivity index (χ4v) is 2.61. The second-order valence-electron chi connectivity index (χ2n) is 4.14. The summed E-state index contributed by atoms with van der Waals surface area (Å²) in [5.74, 6) is 0.686. The molecule has 1 rings (SSSR count). The van der Waals surface area contributed by atoms with Crippen molar-refractivity contribution in [3.63, 3.8) is 0 Å². The van der Waals surface area contributed by atoms with Crippen LogP contribution in [0.2, 0.25) is 0 Å². The van der Waals surface area contributed by atoms with E-state index in [0.717, 1.165) is 6.26 Å². The Morgan fingerprint density at radius 3 is 2.28 bits per heavy atom. The Hall–Kier alpha value is -1.27. The van der Waals surface area contributed by atoms with Crippen molar-refractivity contribution in [3.05, 3.63) is 17.7 Å². The molecule has 1 aromatic rings. The van der Waals surface area contributed by atoms with Crippen LogP contribution in [0.5, 0.6) is 11.5 Å². The molecule has 0 saturated carbocycles. The second kappa shape index (κ2) is 5.58. The van der Waals surface area contributed by atoms with E-state index in [0.29, 0.717) is 17.7 Å². The number of sulfone groups is 1. The Labute approximate surface area is 107 Å². The number of hydrogen-bond donors (Lipinski definition) is 1. The summed E-state index contributed by atoms with van der Waals surface area (Å²) in [7, 11) is -0.560. The molecule has 0 aromatic heterocycles. The third-order valence-corrected chi connectivity index (χ3v) is 3.56. The van der Waals surface area contributed by atoms with Crippen LogP contribution in [0.4, 0.5) is 0 Å². The Morgan fingerprint density at radius 1 is 1.28 bits per heavy atom. The molecule has 0 bridgehead atoms. The molecule has 18 heavy (non-hydrogen) atoms. The Morgan fingerprint density at radius 2 is 1.89 bits per heavy atom. The van der Waals surface area contributed by atoms with Gasteiger partial charge in [0.25, 0.3) is 0 Å². The van der Waals surface area contributed by atoms with E-state index in [2.05, 4.69) is 0 Å². The zero-order chi connectivity index (χ0) is 13.9. The van der Waals surface area contributed by atoms with Crippen molar-refractivity contribution in [3.8, 4) is 11.5 Å². The van der Waals surface area contributed by atoms with Crippen LogP contribution in [0.15, 0.2) is 17.0 Å². The summed E-state index contributed by atoms with van der Waals surface area (Å²) < 4.78 is 33.7. The van der Waals surface area contributed by atoms with Gasteiger partial charge in [-0.15, -0.1) is 0 Å². The maximum Gasteiger partial charge on any atom is 0.179 e. The van der Waals surface area contributed by atoms with Gasteiger partial charge >= 0.3 is 0 Å². The minimum atomic E-state index is -3.42. The summed E-state index contributed by atoms with van der Waals surface area (Å²) >= 11 is 0. The van der Waals surface area contributed by atoms with Gasteiger partial charge in [-0.2, -0.15) is 0 Å². The predicted molar refractivity (Wildman–Crippen MR) is 68.0 cm³/mol. The van der Waals surface area contributed by atoms with Gasteiger partial charge in [-0.25, -0.2) is 8.42 Å². The second-order valence-corrected chi connectivity index (χ2v) is 6.13. The summed E-state index contributed by atoms with van der Waals surface area (Å²) in [5.41, 5.74) is 0.604.